The molecule has 76 valence electrons. The lowest BCUT2D eigenvalue weighted by atomic mass is 9.78. The maximum absolute atomic E-state index is 9.28. The number of allylic oxidation sites excluding steroid dienone is 3. The minimum Gasteiger partial charge on any atom is -0.321 e. The van der Waals surface area contributed by atoms with Crippen LogP contribution in [0.4, 0.5) is 0 Å². The molecule has 0 aromatic carbocycles. The van der Waals surface area contributed by atoms with Gasteiger partial charge in [-0.3, -0.25) is 0 Å². The number of hydrogen-bond acceptors (Lipinski definition) is 2. The van der Waals surface area contributed by atoms with E-state index in [4.69, 9.17) is 5.73 Å². The second-order valence-corrected chi connectivity index (χ2v) is 4.53. The van der Waals surface area contributed by atoms with Crippen LogP contribution < -0.4 is 5.73 Å². The third kappa shape index (κ3) is 1.07. The predicted octanol–water partition coefficient (Wildman–Crippen LogP) is 2.20. The lowest BCUT2D eigenvalue weighted by molar-refractivity contribution is 0.753. The first-order valence-corrected chi connectivity index (χ1v) is 5.59. The van der Waals surface area contributed by atoms with Crippen LogP contribution in [-0.4, -0.2) is 6.04 Å². The van der Waals surface area contributed by atoms with Gasteiger partial charge in [0.2, 0.25) is 0 Å². The molecule has 3 aliphatic carbocycles. The molecule has 3 aliphatic rings. The molecule has 2 unspecified atom stereocenters. The topological polar surface area (TPSA) is 49.8 Å². The molecule has 0 fully saturated rings. The zero-order valence-electron chi connectivity index (χ0n) is 8.66. The van der Waals surface area contributed by atoms with Crippen molar-refractivity contribution in [2.45, 2.75) is 31.7 Å². The molecule has 0 radical (unpaired) electrons. The molecule has 0 amide bonds. The Kier molecular flexibility index (Phi) is 1.83. The van der Waals surface area contributed by atoms with Crippen LogP contribution in [0.1, 0.15) is 25.7 Å². The summed E-state index contributed by atoms with van der Waals surface area (Å²) < 4.78 is 0. The summed E-state index contributed by atoms with van der Waals surface area (Å²) in [6.45, 7) is 0. The van der Waals surface area contributed by atoms with Gasteiger partial charge in [-0.15, -0.1) is 0 Å². The fourth-order valence-electron chi connectivity index (χ4n) is 3.15. The molecule has 2 atom stereocenters. The highest BCUT2D eigenvalue weighted by Crippen LogP contribution is 2.45. The molecule has 3 rings (SSSR count). The third-order valence-corrected chi connectivity index (χ3v) is 3.85. The van der Waals surface area contributed by atoms with Gasteiger partial charge in [-0.2, -0.15) is 5.26 Å². The summed E-state index contributed by atoms with van der Waals surface area (Å²) in [6.07, 6.45) is 8.54. The summed E-state index contributed by atoms with van der Waals surface area (Å²) in [6, 6.07) is 2.54. The van der Waals surface area contributed by atoms with Gasteiger partial charge >= 0.3 is 0 Å². The molecule has 0 aliphatic heterocycles. The smallest absolute Gasteiger partial charge is 0.0895 e. The molecular weight excluding hydrogens is 184 g/mol. The van der Waals surface area contributed by atoms with Gasteiger partial charge in [0.25, 0.3) is 0 Å². The first-order chi connectivity index (χ1) is 7.33. The Balaban J connectivity index is 2.11. The minimum atomic E-state index is 0.0345. The van der Waals surface area contributed by atoms with Crippen LogP contribution in [0.15, 0.2) is 34.4 Å². The van der Waals surface area contributed by atoms with E-state index in [9.17, 15) is 5.26 Å². The molecule has 0 saturated heterocycles. The second kappa shape index (κ2) is 3.08. The molecule has 2 nitrogen and oxygen atoms in total. The van der Waals surface area contributed by atoms with Crippen molar-refractivity contribution in [3.05, 3.63) is 34.4 Å². The number of hydrogen-bond donors (Lipinski definition) is 1. The van der Waals surface area contributed by atoms with E-state index in [1.54, 1.807) is 0 Å². The van der Waals surface area contributed by atoms with Crippen molar-refractivity contribution < 1.29 is 0 Å². The highest BCUT2D eigenvalue weighted by Gasteiger charge is 2.36. The molecular formula is C13H14N2. The molecule has 0 aromatic rings. The van der Waals surface area contributed by atoms with Crippen molar-refractivity contribution in [3.8, 4) is 6.07 Å². The van der Waals surface area contributed by atoms with E-state index in [1.165, 1.54) is 28.7 Å². The van der Waals surface area contributed by atoms with E-state index in [1.807, 2.05) is 0 Å². The predicted molar refractivity (Wildman–Crippen MR) is 58.7 cm³/mol. The van der Waals surface area contributed by atoms with Crippen molar-refractivity contribution in [2.75, 3.05) is 0 Å². The van der Waals surface area contributed by atoms with E-state index in [2.05, 4.69) is 18.2 Å². The summed E-state index contributed by atoms with van der Waals surface area (Å²) in [7, 11) is 0. The fourth-order valence-corrected chi connectivity index (χ4v) is 3.15. The van der Waals surface area contributed by atoms with Crippen LogP contribution in [0.25, 0.3) is 0 Å². The van der Waals surface area contributed by atoms with Crippen LogP contribution in [0, 0.1) is 17.2 Å². The summed E-state index contributed by atoms with van der Waals surface area (Å²) in [5, 5.41) is 9.28. The SMILES string of the molecule is N#CC1C2=C(C=CC2)C(N)C2=C1CCC2. The van der Waals surface area contributed by atoms with Crippen LogP contribution in [0.2, 0.25) is 0 Å². The minimum absolute atomic E-state index is 0.0345. The average Bonchev–Trinajstić information content (AvgIpc) is 2.85. The van der Waals surface area contributed by atoms with E-state index in [0.29, 0.717) is 0 Å². The third-order valence-electron chi connectivity index (χ3n) is 3.85. The Morgan fingerprint density at radius 2 is 2.07 bits per heavy atom. The second-order valence-electron chi connectivity index (χ2n) is 4.53. The van der Waals surface area contributed by atoms with E-state index in [-0.39, 0.29) is 12.0 Å². The van der Waals surface area contributed by atoms with Crippen LogP contribution in [0.3, 0.4) is 0 Å². The van der Waals surface area contributed by atoms with Crippen LogP contribution >= 0.6 is 0 Å². The van der Waals surface area contributed by atoms with Gasteiger partial charge in [-0.05, 0) is 48.0 Å². The Bertz CT molecular complexity index is 444. The molecule has 2 N–H and O–H groups in total. The Morgan fingerprint density at radius 1 is 1.27 bits per heavy atom. The van der Waals surface area contributed by atoms with E-state index in [0.717, 1.165) is 19.3 Å². The normalized spacial score (nSPS) is 33.1. The highest BCUT2D eigenvalue weighted by atomic mass is 14.7. The first kappa shape index (κ1) is 8.94. The zero-order chi connectivity index (χ0) is 10.4. The van der Waals surface area contributed by atoms with Crippen molar-refractivity contribution in [3.63, 3.8) is 0 Å². The van der Waals surface area contributed by atoms with Gasteiger partial charge in [0.05, 0.1) is 18.0 Å². The number of nitrogens with two attached hydrogens (primary N) is 1. The van der Waals surface area contributed by atoms with Gasteiger partial charge in [-0.1, -0.05) is 12.2 Å². The molecule has 2 heteroatoms. The fraction of sp³-hybridized carbons (Fsp3) is 0.462. The summed E-state index contributed by atoms with van der Waals surface area (Å²) in [5.74, 6) is 0.0345. The first-order valence-electron chi connectivity index (χ1n) is 5.59. The van der Waals surface area contributed by atoms with Crippen LogP contribution in [-0.2, 0) is 0 Å². The average molecular weight is 198 g/mol. The number of rotatable bonds is 0. The maximum atomic E-state index is 9.28. The Labute approximate surface area is 89.8 Å². The molecule has 0 saturated carbocycles. The molecule has 0 spiro atoms. The van der Waals surface area contributed by atoms with E-state index >= 15 is 0 Å². The van der Waals surface area contributed by atoms with Crippen LogP contribution in [0.5, 0.6) is 0 Å². The van der Waals surface area contributed by atoms with Crippen molar-refractivity contribution in [2.24, 2.45) is 11.7 Å². The highest BCUT2D eigenvalue weighted by molar-refractivity contribution is 5.54. The van der Waals surface area contributed by atoms with Gasteiger partial charge in [0, 0.05) is 0 Å². The largest absolute Gasteiger partial charge is 0.321 e. The quantitative estimate of drug-likeness (QED) is 0.607. The Hall–Kier alpha value is -1.33. The zero-order valence-corrected chi connectivity index (χ0v) is 8.66. The maximum Gasteiger partial charge on any atom is 0.0895 e. The molecule has 0 aromatic heterocycles. The van der Waals surface area contributed by atoms with E-state index < -0.39 is 0 Å². The standard InChI is InChI=1S/C13H14N2/c14-7-12-8-3-1-5-10(8)13(15)11-6-2-4-9(11)12/h1,5,12-13H,2-4,6,15H2. The summed E-state index contributed by atoms with van der Waals surface area (Å²) in [4.78, 5) is 0. The molecule has 0 bridgehead atoms. The number of nitriles is 1. The lowest BCUT2D eigenvalue weighted by Crippen LogP contribution is -2.30. The van der Waals surface area contributed by atoms with Crippen molar-refractivity contribution in [1.82, 2.24) is 0 Å². The van der Waals surface area contributed by atoms with Gasteiger partial charge in [0.15, 0.2) is 0 Å². The van der Waals surface area contributed by atoms with Crippen molar-refractivity contribution in [1.29, 1.82) is 5.26 Å². The van der Waals surface area contributed by atoms with Gasteiger partial charge < -0.3 is 5.73 Å². The molecule has 15 heavy (non-hydrogen) atoms. The van der Waals surface area contributed by atoms with Crippen molar-refractivity contribution >= 4 is 0 Å². The lowest BCUT2D eigenvalue weighted by Gasteiger charge is -2.27. The Morgan fingerprint density at radius 3 is 2.87 bits per heavy atom. The number of nitrogens with zero attached hydrogens (tertiary/aromatic N) is 1. The van der Waals surface area contributed by atoms with Gasteiger partial charge in [0.1, 0.15) is 0 Å². The molecule has 0 heterocycles. The monoisotopic (exact) mass is 198 g/mol. The summed E-state index contributed by atoms with van der Waals surface area (Å²) in [5.41, 5.74) is 11.4. The van der Waals surface area contributed by atoms with Gasteiger partial charge in [-0.25, -0.2) is 0 Å². The summed E-state index contributed by atoms with van der Waals surface area (Å²) >= 11 is 0.